The van der Waals surface area contributed by atoms with Crippen LogP contribution in [0.4, 0.5) is 5.00 Å². The summed E-state index contributed by atoms with van der Waals surface area (Å²) in [6.45, 7) is 8.28. The summed E-state index contributed by atoms with van der Waals surface area (Å²) in [5.41, 5.74) is 2.47. The number of hydrogen-bond acceptors (Lipinski definition) is 4. The Morgan fingerprint density at radius 2 is 1.81 bits per heavy atom. The molecular weight excluding hydrogens is 471 g/mol. The molecule has 0 amide bonds. The van der Waals surface area contributed by atoms with E-state index in [0.717, 1.165) is 45.3 Å². The molecule has 0 aliphatic carbocycles. The number of nitrogens with one attached hydrogen (secondary N) is 1. The SMILES string of the molecule is CCOCc1ccc(CNC(=NC)N2CCN(c3cccs3)CC2)cc1.I. The Morgan fingerprint density at radius 3 is 2.41 bits per heavy atom. The van der Waals surface area contributed by atoms with Crippen LogP contribution >= 0.6 is 35.3 Å². The number of halogens is 1. The summed E-state index contributed by atoms with van der Waals surface area (Å²) in [4.78, 5) is 9.26. The molecule has 1 aliphatic heterocycles. The fraction of sp³-hybridized carbons (Fsp3) is 0.450. The molecule has 1 aromatic carbocycles. The van der Waals surface area contributed by atoms with Crippen LogP contribution in [0.1, 0.15) is 18.1 Å². The Morgan fingerprint density at radius 1 is 1.11 bits per heavy atom. The molecule has 1 aliphatic rings. The molecular formula is C20H29IN4OS. The number of nitrogens with zero attached hydrogens (tertiary/aromatic N) is 3. The van der Waals surface area contributed by atoms with Crippen molar-refractivity contribution in [2.75, 3.05) is 44.7 Å². The number of guanidine groups is 1. The number of thiophene rings is 1. The normalized spacial score (nSPS) is 14.8. The molecule has 0 spiro atoms. The number of rotatable bonds is 6. The van der Waals surface area contributed by atoms with Crippen molar-refractivity contribution < 1.29 is 4.74 Å². The van der Waals surface area contributed by atoms with Gasteiger partial charge in [0.15, 0.2) is 5.96 Å². The first kappa shape index (κ1) is 22.0. The summed E-state index contributed by atoms with van der Waals surface area (Å²) in [6.07, 6.45) is 0. The van der Waals surface area contributed by atoms with Crippen LogP contribution in [0.15, 0.2) is 46.8 Å². The number of piperazine rings is 1. The van der Waals surface area contributed by atoms with Gasteiger partial charge in [-0.3, -0.25) is 4.99 Å². The summed E-state index contributed by atoms with van der Waals surface area (Å²) < 4.78 is 5.45. The van der Waals surface area contributed by atoms with Crippen LogP contribution in [0.5, 0.6) is 0 Å². The van der Waals surface area contributed by atoms with Crippen LogP contribution in [0, 0.1) is 0 Å². The first-order valence-electron chi connectivity index (χ1n) is 9.19. The number of hydrogen-bond donors (Lipinski definition) is 1. The zero-order chi connectivity index (χ0) is 18.2. The second kappa shape index (κ2) is 11.5. The van der Waals surface area contributed by atoms with Crippen molar-refractivity contribution in [3.8, 4) is 0 Å². The Bertz CT molecular complexity index is 683. The lowest BCUT2D eigenvalue weighted by molar-refractivity contribution is 0.134. The monoisotopic (exact) mass is 500 g/mol. The Balaban J connectivity index is 0.00000261. The third-order valence-corrected chi connectivity index (χ3v) is 5.48. The lowest BCUT2D eigenvalue weighted by Gasteiger charge is -2.37. The van der Waals surface area contributed by atoms with Crippen molar-refractivity contribution >= 4 is 46.3 Å². The van der Waals surface area contributed by atoms with Crippen molar-refractivity contribution in [2.24, 2.45) is 4.99 Å². The highest BCUT2D eigenvalue weighted by molar-refractivity contribution is 14.0. The van der Waals surface area contributed by atoms with E-state index >= 15 is 0 Å². The minimum atomic E-state index is 0. The third-order valence-electron chi connectivity index (χ3n) is 4.56. The maximum atomic E-state index is 5.45. The summed E-state index contributed by atoms with van der Waals surface area (Å²) in [6, 6.07) is 12.9. The summed E-state index contributed by atoms with van der Waals surface area (Å²) in [7, 11) is 1.86. The minimum absolute atomic E-state index is 0. The van der Waals surface area contributed by atoms with Gasteiger partial charge in [-0.25, -0.2) is 0 Å². The highest BCUT2D eigenvalue weighted by atomic mass is 127. The van der Waals surface area contributed by atoms with Crippen LogP contribution < -0.4 is 10.2 Å². The second-order valence-corrected chi connectivity index (χ2v) is 7.21. The third kappa shape index (κ3) is 6.36. The minimum Gasteiger partial charge on any atom is -0.377 e. The molecule has 27 heavy (non-hydrogen) atoms. The van der Waals surface area contributed by atoms with Crippen molar-refractivity contribution in [3.63, 3.8) is 0 Å². The maximum absolute atomic E-state index is 5.45. The zero-order valence-electron chi connectivity index (χ0n) is 16.1. The van der Waals surface area contributed by atoms with Crippen LogP contribution in [-0.2, 0) is 17.9 Å². The van der Waals surface area contributed by atoms with Crippen molar-refractivity contribution in [2.45, 2.75) is 20.1 Å². The predicted octanol–water partition coefficient (Wildman–Crippen LogP) is 3.80. The van der Waals surface area contributed by atoms with Gasteiger partial charge in [0.05, 0.1) is 11.6 Å². The molecule has 0 unspecified atom stereocenters. The van der Waals surface area contributed by atoms with E-state index in [0.29, 0.717) is 6.61 Å². The summed E-state index contributed by atoms with van der Waals surface area (Å²) in [5.74, 6) is 0.981. The van der Waals surface area contributed by atoms with Crippen LogP contribution in [-0.4, -0.2) is 50.7 Å². The molecule has 5 nitrogen and oxygen atoms in total. The van der Waals surface area contributed by atoms with E-state index in [1.165, 1.54) is 16.1 Å². The van der Waals surface area contributed by atoms with Gasteiger partial charge in [0.25, 0.3) is 0 Å². The molecule has 0 bridgehead atoms. The van der Waals surface area contributed by atoms with Crippen LogP contribution in [0.25, 0.3) is 0 Å². The number of ether oxygens (including phenoxy) is 1. The van der Waals surface area contributed by atoms with Gasteiger partial charge in [-0.2, -0.15) is 0 Å². The smallest absolute Gasteiger partial charge is 0.194 e. The number of benzene rings is 1. The van der Waals surface area contributed by atoms with Crippen LogP contribution in [0.3, 0.4) is 0 Å². The molecule has 1 N–H and O–H groups in total. The molecule has 7 heteroatoms. The van der Waals surface area contributed by atoms with Gasteiger partial charge < -0.3 is 19.9 Å². The molecule has 0 radical (unpaired) electrons. The van der Waals surface area contributed by atoms with E-state index in [9.17, 15) is 0 Å². The van der Waals surface area contributed by atoms with Crippen molar-refractivity contribution in [1.82, 2.24) is 10.2 Å². The lowest BCUT2D eigenvalue weighted by atomic mass is 10.1. The molecule has 1 aromatic heterocycles. The molecule has 0 saturated carbocycles. The van der Waals surface area contributed by atoms with E-state index in [4.69, 9.17) is 4.74 Å². The van der Waals surface area contributed by atoms with E-state index in [-0.39, 0.29) is 24.0 Å². The fourth-order valence-electron chi connectivity index (χ4n) is 3.08. The fourth-order valence-corrected chi connectivity index (χ4v) is 3.86. The van der Waals surface area contributed by atoms with Crippen molar-refractivity contribution in [1.29, 1.82) is 0 Å². The second-order valence-electron chi connectivity index (χ2n) is 6.28. The highest BCUT2D eigenvalue weighted by Gasteiger charge is 2.20. The topological polar surface area (TPSA) is 40.1 Å². The van der Waals surface area contributed by atoms with E-state index in [1.807, 2.05) is 25.3 Å². The maximum Gasteiger partial charge on any atom is 0.194 e. The van der Waals surface area contributed by atoms with Crippen LogP contribution in [0.2, 0.25) is 0 Å². The Labute approximate surface area is 183 Å². The van der Waals surface area contributed by atoms with Gasteiger partial charge in [-0.15, -0.1) is 35.3 Å². The zero-order valence-corrected chi connectivity index (χ0v) is 19.2. The van der Waals surface area contributed by atoms with E-state index in [1.54, 1.807) is 0 Å². The van der Waals surface area contributed by atoms with E-state index in [2.05, 4.69) is 61.9 Å². The lowest BCUT2D eigenvalue weighted by Crippen LogP contribution is -2.52. The first-order chi connectivity index (χ1) is 12.8. The van der Waals surface area contributed by atoms with Gasteiger partial charge in [0, 0.05) is 46.4 Å². The number of aliphatic imine (C=N–C) groups is 1. The summed E-state index contributed by atoms with van der Waals surface area (Å²) in [5, 5.41) is 7.00. The molecule has 3 rings (SSSR count). The van der Waals surface area contributed by atoms with Gasteiger partial charge in [0.1, 0.15) is 0 Å². The van der Waals surface area contributed by atoms with Gasteiger partial charge >= 0.3 is 0 Å². The molecule has 2 heterocycles. The van der Waals surface area contributed by atoms with Gasteiger partial charge in [-0.05, 0) is 35.6 Å². The Kier molecular flexibility index (Phi) is 9.36. The highest BCUT2D eigenvalue weighted by Crippen LogP contribution is 2.22. The van der Waals surface area contributed by atoms with Crippen molar-refractivity contribution in [3.05, 3.63) is 52.9 Å². The average molecular weight is 500 g/mol. The van der Waals surface area contributed by atoms with E-state index < -0.39 is 0 Å². The standard InChI is InChI=1S/C20H28N4OS.HI/c1-3-25-16-18-8-6-17(7-9-18)15-22-20(21-2)24-12-10-23(11-13-24)19-5-4-14-26-19;/h4-9,14H,3,10-13,15-16H2,1-2H3,(H,21,22);1H. The van der Waals surface area contributed by atoms with Gasteiger partial charge in [-0.1, -0.05) is 24.3 Å². The quantitative estimate of drug-likeness (QED) is 0.372. The first-order valence-corrected chi connectivity index (χ1v) is 10.1. The molecule has 0 atom stereocenters. The molecule has 2 aromatic rings. The summed E-state index contributed by atoms with van der Waals surface area (Å²) >= 11 is 1.81. The van der Waals surface area contributed by atoms with Gasteiger partial charge in [0.2, 0.25) is 0 Å². The molecule has 1 saturated heterocycles. The Hall–Kier alpha value is -1.32. The average Bonchev–Trinajstić information content (AvgIpc) is 3.23. The molecule has 148 valence electrons. The molecule has 1 fully saturated rings. The number of anilines is 1. The largest absolute Gasteiger partial charge is 0.377 e. The predicted molar refractivity (Wildman–Crippen MR) is 125 cm³/mol.